The van der Waals surface area contributed by atoms with Gasteiger partial charge in [-0.3, -0.25) is 9.89 Å². The summed E-state index contributed by atoms with van der Waals surface area (Å²) in [6.07, 6.45) is 0.993. The number of anilines is 2. The molecule has 1 aliphatic heterocycles. The Balaban J connectivity index is 1.64. The molecule has 0 saturated heterocycles. The van der Waals surface area contributed by atoms with Gasteiger partial charge in [0.1, 0.15) is 0 Å². The summed E-state index contributed by atoms with van der Waals surface area (Å²) >= 11 is 6.22. The van der Waals surface area contributed by atoms with Gasteiger partial charge in [-0.2, -0.15) is 5.10 Å². The van der Waals surface area contributed by atoms with Gasteiger partial charge in [0.15, 0.2) is 17.3 Å². The molecule has 1 unspecified atom stereocenters. The summed E-state index contributed by atoms with van der Waals surface area (Å²) < 4.78 is 11.7. The molecular formula is C30H31ClN4O3. The lowest BCUT2D eigenvalue weighted by Crippen LogP contribution is -2.41. The Hall–Kier alpha value is -3.97. The number of aryl methyl sites for hydroxylation is 1. The van der Waals surface area contributed by atoms with Gasteiger partial charge in [0.05, 0.1) is 25.7 Å². The van der Waals surface area contributed by atoms with Crippen molar-refractivity contribution in [3.05, 3.63) is 88.1 Å². The zero-order valence-electron chi connectivity index (χ0n) is 21.9. The highest BCUT2D eigenvalue weighted by Crippen LogP contribution is 2.44. The van der Waals surface area contributed by atoms with Crippen molar-refractivity contribution in [2.45, 2.75) is 45.8 Å². The Bertz CT molecular complexity index is 1460. The van der Waals surface area contributed by atoms with Gasteiger partial charge < -0.3 is 20.1 Å². The molecule has 1 aromatic heterocycles. The second kappa shape index (κ2) is 10.4. The van der Waals surface area contributed by atoms with E-state index in [9.17, 15) is 4.79 Å². The van der Waals surface area contributed by atoms with E-state index in [0.29, 0.717) is 22.3 Å². The van der Waals surface area contributed by atoms with Crippen LogP contribution in [0, 0.1) is 0 Å². The predicted molar refractivity (Wildman–Crippen MR) is 151 cm³/mol. The van der Waals surface area contributed by atoms with Gasteiger partial charge in [0, 0.05) is 22.0 Å². The number of carbonyl (C=O) groups is 1. The first-order chi connectivity index (χ1) is 18.3. The molecule has 0 radical (unpaired) electrons. The first-order valence-corrected chi connectivity index (χ1v) is 13.1. The maximum Gasteiger partial charge on any atom is 0.232 e. The van der Waals surface area contributed by atoms with Crippen LogP contribution in [0.5, 0.6) is 11.5 Å². The summed E-state index contributed by atoms with van der Waals surface area (Å²) in [5.74, 6) is 1.71. The lowest BCUT2D eigenvalue weighted by Gasteiger charge is -2.38. The number of nitrogens with two attached hydrogens (primary N) is 1. The lowest BCUT2D eigenvalue weighted by atomic mass is 9.86. The smallest absolute Gasteiger partial charge is 0.232 e. The van der Waals surface area contributed by atoms with Gasteiger partial charge in [0.2, 0.25) is 5.91 Å². The molecule has 0 aliphatic carbocycles. The van der Waals surface area contributed by atoms with Crippen molar-refractivity contribution in [1.82, 2.24) is 10.2 Å². The van der Waals surface area contributed by atoms with E-state index in [-0.39, 0.29) is 24.5 Å². The number of hydrogen-bond acceptors (Lipinski definition) is 5. The first-order valence-electron chi connectivity index (χ1n) is 12.7. The summed E-state index contributed by atoms with van der Waals surface area (Å²) in [6.45, 7) is 6.00. The number of carbonyl (C=O) groups excluding carboxylic acids is 1. The summed E-state index contributed by atoms with van der Waals surface area (Å²) in [5, 5.41) is 7.81. The number of nitrogen functional groups attached to an aromatic ring is 1. The molecule has 0 bridgehead atoms. The summed E-state index contributed by atoms with van der Waals surface area (Å²) in [5.41, 5.74) is 12.6. The van der Waals surface area contributed by atoms with Crippen molar-refractivity contribution in [1.29, 1.82) is 0 Å². The number of aromatic nitrogens is 2. The molecule has 2 heterocycles. The van der Waals surface area contributed by atoms with Crippen LogP contribution in [-0.2, 0) is 17.6 Å². The fraction of sp³-hybridized carbons (Fsp3) is 0.267. The molecule has 196 valence electrons. The van der Waals surface area contributed by atoms with Gasteiger partial charge in [-0.1, -0.05) is 42.8 Å². The number of rotatable bonds is 7. The molecule has 7 nitrogen and oxygen atoms in total. The number of H-pyrrole nitrogens is 1. The van der Waals surface area contributed by atoms with Crippen LogP contribution >= 0.6 is 11.6 Å². The summed E-state index contributed by atoms with van der Waals surface area (Å²) in [4.78, 5) is 15.6. The fourth-order valence-corrected chi connectivity index (χ4v) is 5.22. The zero-order chi connectivity index (χ0) is 27.0. The average Bonchev–Trinajstić information content (AvgIpc) is 3.28. The van der Waals surface area contributed by atoms with Crippen molar-refractivity contribution in [2.24, 2.45) is 0 Å². The van der Waals surface area contributed by atoms with Gasteiger partial charge >= 0.3 is 0 Å². The highest BCUT2D eigenvalue weighted by atomic mass is 35.5. The van der Waals surface area contributed by atoms with Gasteiger partial charge in [-0.05, 0) is 78.9 Å². The van der Waals surface area contributed by atoms with Crippen molar-refractivity contribution < 1.29 is 14.3 Å². The molecule has 8 heteroatoms. The van der Waals surface area contributed by atoms with Crippen molar-refractivity contribution in [2.75, 3.05) is 17.7 Å². The number of amides is 1. The minimum Gasteiger partial charge on any atom is -0.493 e. The Morgan fingerprint density at radius 1 is 1.11 bits per heavy atom. The first kappa shape index (κ1) is 25.7. The Kier molecular flexibility index (Phi) is 7.04. The number of nitrogens with zero attached hydrogens (tertiary/aromatic N) is 2. The van der Waals surface area contributed by atoms with E-state index in [2.05, 4.69) is 17.1 Å². The van der Waals surface area contributed by atoms with Crippen LogP contribution in [0.1, 0.15) is 49.2 Å². The van der Waals surface area contributed by atoms with Crippen molar-refractivity contribution >= 4 is 29.0 Å². The summed E-state index contributed by atoms with van der Waals surface area (Å²) in [7, 11) is 1.61. The molecule has 0 saturated carbocycles. The van der Waals surface area contributed by atoms with E-state index in [4.69, 9.17) is 26.8 Å². The zero-order valence-corrected chi connectivity index (χ0v) is 22.7. The van der Waals surface area contributed by atoms with Crippen LogP contribution in [0.3, 0.4) is 0 Å². The Morgan fingerprint density at radius 2 is 1.82 bits per heavy atom. The van der Waals surface area contributed by atoms with E-state index in [1.54, 1.807) is 7.11 Å². The number of benzene rings is 3. The minimum absolute atomic E-state index is 0.0122. The third kappa shape index (κ3) is 4.70. The molecule has 1 atom stereocenters. The fourth-order valence-electron chi connectivity index (χ4n) is 5.09. The molecular weight excluding hydrogens is 500 g/mol. The number of aromatic amines is 1. The molecule has 38 heavy (non-hydrogen) atoms. The van der Waals surface area contributed by atoms with Crippen LogP contribution in [0.2, 0.25) is 5.02 Å². The number of methoxy groups -OCH3 is 1. The normalized spacial score (nSPS) is 15.1. The van der Waals surface area contributed by atoms with Crippen LogP contribution in [-0.4, -0.2) is 29.3 Å². The van der Waals surface area contributed by atoms with E-state index in [1.807, 2.05) is 79.4 Å². The van der Waals surface area contributed by atoms with Crippen molar-refractivity contribution in [3.8, 4) is 22.6 Å². The minimum atomic E-state index is -0.375. The molecule has 4 aromatic rings. The van der Waals surface area contributed by atoms with Gasteiger partial charge in [-0.15, -0.1) is 0 Å². The molecule has 3 N–H and O–H groups in total. The predicted octanol–water partition coefficient (Wildman–Crippen LogP) is 6.35. The quantitative estimate of drug-likeness (QED) is 0.290. The molecule has 3 aromatic carbocycles. The number of halogens is 1. The van der Waals surface area contributed by atoms with Crippen molar-refractivity contribution in [3.63, 3.8) is 0 Å². The third-order valence-electron chi connectivity index (χ3n) is 6.79. The van der Waals surface area contributed by atoms with Crippen LogP contribution in [0.4, 0.5) is 11.5 Å². The van der Waals surface area contributed by atoms with Crippen LogP contribution < -0.4 is 20.1 Å². The molecule has 1 amide bonds. The summed E-state index contributed by atoms with van der Waals surface area (Å²) in [6, 6.07) is 19.1. The SMILES string of the molecule is CCc1[nH]nc(N)c1-c1ccc(N2C(=O)Cc3cc(OC)c(OC(C)C)cc3C2c2ccc(Cl)cc2)cc1. The topological polar surface area (TPSA) is 93.5 Å². The largest absolute Gasteiger partial charge is 0.493 e. The number of hydrogen-bond donors (Lipinski definition) is 2. The van der Waals surface area contributed by atoms with E-state index in [0.717, 1.165) is 45.6 Å². The molecule has 5 rings (SSSR count). The van der Waals surface area contributed by atoms with E-state index in [1.165, 1.54) is 0 Å². The number of fused-ring (bicyclic) bond motifs is 1. The highest BCUT2D eigenvalue weighted by Gasteiger charge is 2.36. The Morgan fingerprint density at radius 3 is 2.45 bits per heavy atom. The Labute approximate surface area is 227 Å². The molecule has 0 spiro atoms. The van der Waals surface area contributed by atoms with E-state index >= 15 is 0 Å². The maximum atomic E-state index is 13.7. The average molecular weight is 531 g/mol. The second-order valence-corrected chi connectivity index (χ2v) is 10.1. The van der Waals surface area contributed by atoms with Gasteiger partial charge in [0.25, 0.3) is 0 Å². The lowest BCUT2D eigenvalue weighted by molar-refractivity contribution is -0.118. The van der Waals surface area contributed by atoms with Crippen LogP contribution in [0.25, 0.3) is 11.1 Å². The number of ether oxygens (including phenoxy) is 2. The molecule has 0 fully saturated rings. The van der Waals surface area contributed by atoms with Gasteiger partial charge in [-0.25, -0.2) is 0 Å². The van der Waals surface area contributed by atoms with Crippen LogP contribution in [0.15, 0.2) is 60.7 Å². The molecule has 1 aliphatic rings. The van der Waals surface area contributed by atoms with E-state index < -0.39 is 0 Å². The number of nitrogens with one attached hydrogen (secondary N) is 1. The highest BCUT2D eigenvalue weighted by molar-refractivity contribution is 6.30. The third-order valence-corrected chi connectivity index (χ3v) is 7.05. The standard InChI is InChI=1S/C30H31ClN4O3/c1-5-24-28(30(32)34-33-24)18-8-12-22(13-9-18)35-27(36)15-20-14-25(37-4)26(38-17(2)3)16-23(20)29(35)19-6-10-21(31)11-7-19/h6-14,16-17,29H,5,15H2,1-4H3,(H3,32,33,34). The second-order valence-electron chi connectivity index (χ2n) is 9.63. The monoisotopic (exact) mass is 530 g/mol. The maximum absolute atomic E-state index is 13.7.